The Kier molecular flexibility index (Phi) is 13.9. The maximum Gasteiger partial charge on any atom is 0.326 e. The van der Waals surface area contributed by atoms with E-state index < -0.39 is 66.1 Å². The van der Waals surface area contributed by atoms with Crippen molar-refractivity contribution < 1.29 is 39.0 Å². The number of benzene rings is 1. The number of phenolic OH excluding ortho intramolecular Hbond substituents is 1. The molecule has 1 aromatic carbocycles. The monoisotopic (exact) mass is 551 g/mol. The summed E-state index contributed by atoms with van der Waals surface area (Å²) in [5.41, 5.74) is 22.1. The minimum atomic E-state index is -1.55. The van der Waals surface area contributed by atoms with E-state index in [0.717, 1.165) is 0 Å². The first-order valence-corrected chi connectivity index (χ1v) is 12.3. The van der Waals surface area contributed by atoms with Crippen molar-refractivity contribution in [3.8, 4) is 5.75 Å². The number of aromatic hydroxyl groups is 1. The third kappa shape index (κ3) is 12.7. The van der Waals surface area contributed by atoms with E-state index in [0.29, 0.717) is 24.9 Å². The van der Waals surface area contributed by atoms with E-state index in [1.165, 1.54) is 24.3 Å². The number of carboxylic acid groups (broad SMARTS) is 1. The van der Waals surface area contributed by atoms with Crippen molar-refractivity contribution in [2.24, 2.45) is 22.9 Å². The van der Waals surface area contributed by atoms with Crippen LogP contribution in [0.3, 0.4) is 0 Å². The van der Waals surface area contributed by atoms with Crippen LogP contribution in [0.15, 0.2) is 24.3 Å². The molecule has 1 rings (SSSR count). The molecule has 0 aliphatic carbocycles. The Balaban J connectivity index is 3.11. The number of phenols is 1. The molecule has 0 aliphatic heterocycles. The van der Waals surface area contributed by atoms with Gasteiger partial charge in [0, 0.05) is 12.8 Å². The van der Waals surface area contributed by atoms with Crippen molar-refractivity contribution in [1.82, 2.24) is 16.0 Å². The molecule has 4 unspecified atom stereocenters. The molecule has 5 amide bonds. The zero-order chi connectivity index (χ0) is 29.5. The molecule has 15 heteroatoms. The molecule has 0 bridgehead atoms. The van der Waals surface area contributed by atoms with Crippen LogP contribution in [-0.4, -0.2) is 76.4 Å². The van der Waals surface area contributed by atoms with Crippen molar-refractivity contribution in [2.45, 2.75) is 69.1 Å². The number of carbonyl (C=O) groups is 6. The van der Waals surface area contributed by atoms with Crippen molar-refractivity contribution in [1.29, 1.82) is 0 Å². The lowest BCUT2D eigenvalue weighted by atomic mass is 10.0. The molecule has 0 aliphatic rings. The normalized spacial score (nSPS) is 13.8. The van der Waals surface area contributed by atoms with Crippen LogP contribution in [0.1, 0.15) is 44.1 Å². The van der Waals surface area contributed by atoms with Crippen LogP contribution in [0.2, 0.25) is 0 Å². The van der Waals surface area contributed by atoms with E-state index in [4.69, 9.17) is 22.9 Å². The highest BCUT2D eigenvalue weighted by Gasteiger charge is 2.31. The Morgan fingerprint density at radius 1 is 0.769 bits per heavy atom. The summed E-state index contributed by atoms with van der Waals surface area (Å²) < 4.78 is 0. The van der Waals surface area contributed by atoms with E-state index >= 15 is 0 Å². The first-order chi connectivity index (χ1) is 18.3. The van der Waals surface area contributed by atoms with E-state index in [2.05, 4.69) is 16.0 Å². The third-order valence-electron chi connectivity index (χ3n) is 5.65. The van der Waals surface area contributed by atoms with Crippen molar-refractivity contribution >= 4 is 35.5 Å². The zero-order valence-electron chi connectivity index (χ0n) is 21.4. The fourth-order valence-corrected chi connectivity index (χ4v) is 3.49. The number of amides is 5. The second-order valence-corrected chi connectivity index (χ2v) is 8.96. The molecule has 13 N–H and O–H groups in total. The van der Waals surface area contributed by atoms with Gasteiger partial charge in [-0.05, 0) is 49.9 Å². The maximum atomic E-state index is 13.2. The first kappa shape index (κ1) is 32.8. The molecule has 216 valence electrons. The second-order valence-electron chi connectivity index (χ2n) is 8.96. The SMILES string of the molecule is NCCCCC(NC(=O)C(CC(N)=O)NC(=O)C(Cc1ccc(O)cc1)NC(=O)C(N)CCC(N)=O)C(=O)O. The van der Waals surface area contributed by atoms with Gasteiger partial charge in [-0.1, -0.05) is 12.1 Å². The number of hydrogen-bond donors (Lipinski definition) is 9. The van der Waals surface area contributed by atoms with E-state index in [1.807, 2.05) is 0 Å². The molecular formula is C24H37N7O8. The Hall–Kier alpha value is -4.24. The van der Waals surface area contributed by atoms with Gasteiger partial charge in [-0.25, -0.2) is 4.79 Å². The number of rotatable bonds is 18. The molecule has 0 heterocycles. The molecule has 15 nitrogen and oxygen atoms in total. The van der Waals surface area contributed by atoms with Crippen LogP contribution >= 0.6 is 0 Å². The topological polar surface area (TPSA) is 283 Å². The van der Waals surface area contributed by atoms with Gasteiger partial charge in [-0.2, -0.15) is 0 Å². The van der Waals surface area contributed by atoms with E-state index in [9.17, 15) is 39.0 Å². The summed E-state index contributed by atoms with van der Waals surface area (Å²) in [6.07, 6.45) is 0.00615. The van der Waals surface area contributed by atoms with Gasteiger partial charge in [0.15, 0.2) is 0 Å². The summed E-state index contributed by atoms with van der Waals surface area (Å²) in [6.45, 7) is 0.334. The van der Waals surface area contributed by atoms with Crippen molar-refractivity contribution in [3.05, 3.63) is 29.8 Å². The molecule has 4 atom stereocenters. The smallest absolute Gasteiger partial charge is 0.326 e. The number of hydrogen-bond acceptors (Lipinski definition) is 9. The molecule has 0 saturated heterocycles. The lowest BCUT2D eigenvalue weighted by Crippen LogP contribution is -2.58. The number of carbonyl (C=O) groups excluding carboxylic acids is 5. The third-order valence-corrected chi connectivity index (χ3v) is 5.65. The van der Waals surface area contributed by atoms with Gasteiger partial charge < -0.3 is 49.1 Å². The molecule has 39 heavy (non-hydrogen) atoms. The van der Waals surface area contributed by atoms with Gasteiger partial charge >= 0.3 is 5.97 Å². The quantitative estimate of drug-likeness (QED) is 0.0837. The summed E-state index contributed by atoms with van der Waals surface area (Å²) >= 11 is 0. The van der Waals surface area contributed by atoms with Crippen LogP contribution in [0.25, 0.3) is 0 Å². The predicted molar refractivity (Wildman–Crippen MR) is 138 cm³/mol. The maximum absolute atomic E-state index is 13.2. The van der Waals surface area contributed by atoms with Gasteiger partial charge in [-0.3, -0.25) is 24.0 Å². The highest BCUT2D eigenvalue weighted by Crippen LogP contribution is 2.12. The number of aliphatic carboxylic acids is 1. The summed E-state index contributed by atoms with van der Waals surface area (Å²) in [7, 11) is 0. The van der Waals surface area contributed by atoms with Crippen LogP contribution in [0.4, 0.5) is 0 Å². The summed E-state index contributed by atoms with van der Waals surface area (Å²) in [5.74, 6) is -5.60. The van der Waals surface area contributed by atoms with Crippen LogP contribution in [0, 0.1) is 0 Å². The average Bonchev–Trinajstić information content (AvgIpc) is 2.86. The number of carboxylic acids is 1. The number of primary amides is 2. The lowest BCUT2D eigenvalue weighted by Gasteiger charge is -2.25. The summed E-state index contributed by atoms with van der Waals surface area (Å²) in [5, 5.41) is 26.0. The predicted octanol–water partition coefficient (Wildman–Crippen LogP) is -2.93. The molecule has 0 saturated carbocycles. The zero-order valence-corrected chi connectivity index (χ0v) is 21.4. The van der Waals surface area contributed by atoms with Crippen LogP contribution in [-0.2, 0) is 35.2 Å². The Labute approximate surface area is 225 Å². The largest absolute Gasteiger partial charge is 0.508 e. The molecule has 0 aromatic heterocycles. The standard InChI is InChI=1S/C24H37N7O8/c25-10-2-1-3-16(24(38)39)29-23(37)18(12-20(28)34)31-22(36)17(11-13-4-6-14(32)7-5-13)30-21(35)15(26)8-9-19(27)33/h4-7,15-18,32H,1-3,8-12,25-26H2,(H2,27,33)(H2,28,34)(H,29,37)(H,30,35)(H,31,36)(H,38,39). The number of nitrogens with two attached hydrogens (primary N) is 4. The van der Waals surface area contributed by atoms with Crippen molar-refractivity contribution in [3.63, 3.8) is 0 Å². The Bertz CT molecular complexity index is 1020. The van der Waals surface area contributed by atoms with Crippen LogP contribution < -0.4 is 38.9 Å². The second kappa shape index (κ2) is 16.6. The van der Waals surface area contributed by atoms with Crippen LogP contribution in [0.5, 0.6) is 5.75 Å². The van der Waals surface area contributed by atoms with Gasteiger partial charge in [0.05, 0.1) is 12.5 Å². The molecule has 1 aromatic rings. The van der Waals surface area contributed by atoms with Gasteiger partial charge in [0.2, 0.25) is 29.5 Å². The molecule has 0 spiro atoms. The number of unbranched alkanes of at least 4 members (excludes halogenated alkanes) is 1. The van der Waals surface area contributed by atoms with Gasteiger partial charge in [-0.15, -0.1) is 0 Å². The fourth-order valence-electron chi connectivity index (χ4n) is 3.49. The summed E-state index contributed by atoms with van der Waals surface area (Å²) in [6, 6.07) is 0.394. The average molecular weight is 552 g/mol. The summed E-state index contributed by atoms with van der Waals surface area (Å²) in [4.78, 5) is 72.9. The lowest BCUT2D eigenvalue weighted by molar-refractivity contribution is -0.142. The van der Waals surface area contributed by atoms with Gasteiger partial charge in [0.25, 0.3) is 0 Å². The fraction of sp³-hybridized carbons (Fsp3) is 0.500. The minimum Gasteiger partial charge on any atom is -0.508 e. The highest BCUT2D eigenvalue weighted by molar-refractivity contribution is 5.96. The molecule has 0 radical (unpaired) electrons. The first-order valence-electron chi connectivity index (χ1n) is 12.3. The highest BCUT2D eigenvalue weighted by atomic mass is 16.4. The Morgan fingerprint density at radius 3 is 1.87 bits per heavy atom. The molecular weight excluding hydrogens is 514 g/mol. The molecule has 0 fully saturated rings. The van der Waals surface area contributed by atoms with E-state index in [-0.39, 0.29) is 31.4 Å². The van der Waals surface area contributed by atoms with E-state index in [1.54, 1.807) is 0 Å². The number of nitrogens with one attached hydrogen (secondary N) is 3. The van der Waals surface area contributed by atoms with Gasteiger partial charge in [0.1, 0.15) is 23.9 Å². The Morgan fingerprint density at radius 2 is 1.33 bits per heavy atom. The van der Waals surface area contributed by atoms with Crippen molar-refractivity contribution in [2.75, 3.05) is 6.54 Å². The minimum absolute atomic E-state index is 0.0325.